The summed E-state index contributed by atoms with van der Waals surface area (Å²) in [7, 11) is 0. The number of benzene rings is 1. The lowest BCUT2D eigenvalue weighted by molar-refractivity contribution is 0.371. The minimum atomic E-state index is 0.548. The van der Waals surface area contributed by atoms with Crippen LogP contribution in [0.5, 0.6) is 0 Å². The number of alkyl halides is 1. The van der Waals surface area contributed by atoms with Gasteiger partial charge in [-0.25, -0.2) is 4.98 Å². The Morgan fingerprint density at radius 2 is 1.81 bits per heavy atom. The average molecular weight is 325 g/mol. The Morgan fingerprint density at radius 3 is 2.52 bits per heavy atom. The minimum Gasteiger partial charge on any atom is -0.325 e. The molecule has 1 aromatic heterocycles. The van der Waals surface area contributed by atoms with E-state index in [0.29, 0.717) is 11.9 Å². The van der Waals surface area contributed by atoms with Gasteiger partial charge in [-0.15, -0.1) is 11.6 Å². The zero-order valence-electron chi connectivity index (χ0n) is 12.3. The van der Waals surface area contributed by atoms with Gasteiger partial charge in [-0.3, -0.25) is 0 Å². The third-order valence-corrected chi connectivity index (χ3v) is 5.00. The largest absolute Gasteiger partial charge is 0.325 e. The maximum Gasteiger partial charge on any atom is 0.111 e. The molecule has 1 fully saturated rings. The van der Waals surface area contributed by atoms with E-state index in [0.717, 1.165) is 22.8 Å². The number of nitrogens with zero attached hydrogens (tertiary/aromatic N) is 2. The Kier molecular flexibility index (Phi) is 5.07. The second-order valence-electron chi connectivity index (χ2n) is 5.94. The summed E-state index contributed by atoms with van der Waals surface area (Å²) in [5, 5.41) is 0.743. The van der Waals surface area contributed by atoms with Gasteiger partial charge in [0, 0.05) is 18.3 Å². The second-order valence-corrected chi connectivity index (χ2v) is 6.73. The number of hydrogen-bond donors (Lipinski definition) is 0. The van der Waals surface area contributed by atoms with Crippen molar-refractivity contribution < 1.29 is 0 Å². The number of aromatic nitrogens is 2. The fourth-order valence-corrected chi connectivity index (χ4v) is 3.87. The van der Waals surface area contributed by atoms with Crippen molar-refractivity contribution in [3.63, 3.8) is 0 Å². The molecule has 0 aliphatic heterocycles. The molecule has 0 bridgehead atoms. The first-order valence-electron chi connectivity index (χ1n) is 8.02. The molecule has 114 valence electrons. The summed E-state index contributed by atoms with van der Waals surface area (Å²) in [6.07, 6.45) is 10.0. The highest BCUT2D eigenvalue weighted by atomic mass is 35.5. The van der Waals surface area contributed by atoms with Crippen molar-refractivity contribution in [2.75, 3.05) is 5.88 Å². The molecule has 0 saturated heterocycles. The first-order chi connectivity index (χ1) is 10.3. The van der Waals surface area contributed by atoms with Crippen LogP contribution in [0.1, 0.15) is 56.8 Å². The molecule has 1 heterocycles. The Labute approximate surface area is 136 Å². The zero-order valence-corrected chi connectivity index (χ0v) is 13.8. The second kappa shape index (κ2) is 7.02. The van der Waals surface area contributed by atoms with Crippen LogP contribution in [0.15, 0.2) is 18.2 Å². The molecule has 1 aromatic carbocycles. The van der Waals surface area contributed by atoms with Gasteiger partial charge >= 0.3 is 0 Å². The molecule has 2 nitrogen and oxygen atoms in total. The Morgan fingerprint density at radius 1 is 1.10 bits per heavy atom. The van der Waals surface area contributed by atoms with Gasteiger partial charge in [0.15, 0.2) is 0 Å². The molecular weight excluding hydrogens is 303 g/mol. The molecule has 0 N–H and O–H groups in total. The number of hydrogen-bond acceptors (Lipinski definition) is 1. The smallest absolute Gasteiger partial charge is 0.111 e. The van der Waals surface area contributed by atoms with E-state index in [2.05, 4.69) is 10.6 Å². The van der Waals surface area contributed by atoms with Gasteiger partial charge in [0.05, 0.1) is 10.5 Å². The van der Waals surface area contributed by atoms with E-state index in [9.17, 15) is 0 Å². The van der Waals surface area contributed by atoms with Gasteiger partial charge in [0.25, 0.3) is 0 Å². The van der Waals surface area contributed by atoms with Crippen LogP contribution in [0.2, 0.25) is 5.02 Å². The molecule has 1 aliphatic rings. The fourth-order valence-electron chi connectivity index (χ4n) is 3.49. The van der Waals surface area contributed by atoms with Crippen LogP contribution in [-0.4, -0.2) is 15.4 Å². The van der Waals surface area contributed by atoms with Crippen LogP contribution in [0, 0.1) is 0 Å². The van der Waals surface area contributed by atoms with Gasteiger partial charge < -0.3 is 4.57 Å². The molecule has 0 radical (unpaired) electrons. The summed E-state index contributed by atoms with van der Waals surface area (Å²) >= 11 is 12.3. The molecule has 0 amide bonds. The van der Waals surface area contributed by atoms with E-state index >= 15 is 0 Å². The van der Waals surface area contributed by atoms with Crippen molar-refractivity contribution in [1.29, 1.82) is 0 Å². The number of fused-ring (bicyclic) bond motifs is 1. The lowest BCUT2D eigenvalue weighted by Gasteiger charge is -2.24. The maximum atomic E-state index is 6.33. The Hall–Kier alpha value is -0.730. The van der Waals surface area contributed by atoms with Crippen molar-refractivity contribution in [3.05, 3.63) is 29.0 Å². The number of rotatable bonds is 3. The maximum absolute atomic E-state index is 6.33. The van der Waals surface area contributed by atoms with Crippen LogP contribution < -0.4 is 0 Å². The average Bonchev–Trinajstić information content (AvgIpc) is 2.79. The van der Waals surface area contributed by atoms with E-state index in [1.165, 1.54) is 50.5 Å². The molecule has 0 unspecified atom stereocenters. The van der Waals surface area contributed by atoms with Gasteiger partial charge in [0.1, 0.15) is 11.3 Å². The predicted octanol–water partition coefficient (Wildman–Crippen LogP) is 5.76. The first-order valence-corrected chi connectivity index (χ1v) is 8.94. The first kappa shape index (κ1) is 15.2. The van der Waals surface area contributed by atoms with Crippen LogP contribution in [0.4, 0.5) is 0 Å². The summed E-state index contributed by atoms with van der Waals surface area (Å²) in [6.45, 7) is 0. The van der Waals surface area contributed by atoms with E-state index < -0.39 is 0 Å². The van der Waals surface area contributed by atoms with Gasteiger partial charge in [-0.05, 0) is 25.0 Å². The molecule has 0 spiro atoms. The summed E-state index contributed by atoms with van der Waals surface area (Å²) in [4.78, 5) is 4.78. The van der Waals surface area contributed by atoms with E-state index in [4.69, 9.17) is 28.2 Å². The number of imidazole rings is 1. The number of aryl methyl sites for hydroxylation is 1. The zero-order chi connectivity index (χ0) is 14.7. The van der Waals surface area contributed by atoms with Crippen LogP contribution >= 0.6 is 23.2 Å². The van der Waals surface area contributed by atoms with Crippen molar-refractivity contribution in [2.24, 2.45) is 0 Å². The van der Waals surface area contributed by atoms with Crippen molar-refractivity contribution in [1.82, 2.24) is 9.55 Å². The molecular formula is C17H22Cl2N2. The normalized spacial score (nSPS) is 17.8. The van der Waals surface area contributed by atoms with Gasteiger partial charge in [0.2, 0.25) is 0 Å². The summed E-state index contributed by atoms with van der Waals surface area (Å²) in [6, 6.07) is 6.64. The Bertz CT molecular complexity index is 598. The highest BCUT2D eigenvalue weighted by Gasteiger charge is 2.20. The van der Waals surface area contributed by atoms with Crippen molar-refractivity contribution >= 4 is 34.2 Å². The predicted molar refractivity (Wildman–Crippen MR) is 90.5 cm³/mol. The lowest BCUT2D eigenvalue weighted by Crippen LogP contribution is -2.14. The van der Waals surface area contributed by atoms with E-state index in [1.807, 2.05) is 12.1 Å². The van der Waals surface area contributed by atoms with Gasteiger partial charge in [-0.2, -0.15) is 0 Å². The monoisotopic (exact) mass is 324 g/mol. The SMILES string of the molecule is ClCCc1nc2c(Cl)cccc2n1C1CCCCCCC1. The summed E-state index contributed by atoms with van der Waals surface area (Å²) in [5.41, 5.74) is 2.11. The Balaban J connectivity index is 2.05. The van der Waals surface area contributed by atoms with Gasteiger partial charge in [-0.1, -0.05) is 49.8 Å². The summed E-state index contributed by atoms with van der Waals surface area (Å²) in [5.74, 6) is 1.70. The fraction of sp³-hybridized carbons (Fsp3) is 0.588. The van der Waals surface area contributed by atoms with Crippen molar-refractivity contribution in [3.8, 4) is 0 Å². The lowest BCUT2D eigenvalue weighted by atomic mass is 9.96. The molecule has 0 atom stereocenters. The van der Waals surface area contributed by atoms with E-state index in [-0.39, 0.29) is 0 Å². The number of para-hydroxylation sites is 1. The standard InChI is InChI=1S/C17H22Cl2N2/c18-12-11-16-20-17-14(19)9-6-10-15(17)21(16)13-7-4-2-1-3-5-8-13/h6,9-10,13H,1-5,7-8,11-12H2. The molecule has 1 aliphatic carbocycles. The quantitative estimate of drug-likeness (QED) is 0.656. The minimum absolute atomic E-state index is 0.548. The highest BCUT2D eigenvalue weighted by Crippen LogP contribution is 2.33. The molecule has 3 rings (SSSR count). The molecule has 4 heteroatoms. The van der Waals surface area contributed by atoms with Crippen molar-refractivity contribution in [2.45, 2.75) is 57.4 Å². The molecule has 21 heavy (non-hydrogen) atoms. The number of halogens is 2. The third-order valence-electron chi connectivity index (χ3n) is 4.50. The van der Waals surface area contributed by atoms with E-state index in [1.54, 1.807) is 0 Å². The van der Waals surface area contributed by atoms with Crippen LogP contribution in [-0.2, 0) is 6.42 Å². The summed E-state index contributed by atoms with van der Waals surface area (Å²) < 4.78 is 2.43. The highest BCUT2D eigenvalue weighted by molar-refractivity contribution is 6.34. The third kappa shape index (κ3) is 3.22. The van der Waals surface area contributed by atoms with Crippen LogP contribution in [0.3, 0.4) is 0 Å². The van der Waals surface area contributed by atoms with Crippen LogP contribution in [0.25, 0.3) is 11.0 Å². The molecule has 2 aromatic rings. The molecule has 1 saturated carbocycles. The topological polar surface area (TPSA) is 17.8 Å².